The lowest BCUT2D eigenvalue weighted by Crippen LogP contribution is -2.34. The number of nitrogens with zero attached hydrogens (tertiary/aromatic N) is 2. The van der Waals surface area contributed by atoms with Gasteiger partial charge in [-0.15, -0.1) is 4.91 Å². The van der Waals surface area contributed by atoms with Crippen molar-refractivity contribution in [3.8, 4) is 0 Å². The van der Waals surface area contributed by atoms with Gasteiger partial charge in [0, 0.05) is 19.0 Å². The Bertz CT molecular complexity index is 460. The van der Waals surface area contributed by atoms with Crippen LogP contribution in [0.25, 0.3) is 0 Å². The second-order valence-electron chi connectivity index (χ2n) is 3.76. The number of anilines is 1. The highest BCUT2D eigenvalue weighted by Crippen LogP contribution is 2.36. The van der Waals surface area contributed by atoms with Gasteiger partial charge in [0.1, 0.15) is 11.5 Å². The summed E-state index contributed by atoms with van der Waals surface area (Å²) in [5.41, 5.74) is 0.981. The number of halogens is 1. The lowest BCUT2D eigenvalue weighted by atomic mass is 9.99. The normalized spacial score (nSPS) is 14.5. The maximum Gasteiger partial charge on any atom is 0.223 e. The predicted octanol–water partition coefficient (Wildman–Crippen LogP) is 2.52. The molecule has 1 aromatic carbocycles. The van der Waals surface area contributed by atoms with Crippen LogP contribution in [0.2, 0.25) is 0 Å². The molecule has 2 rings (SSSR count). The minimum Gasteiger partial charge on any atom is -0.310 e. The number of carbonyl (C=O) groups excluding carboxylic acids is 1. The van der Waals surface area contributed by atoms with E-state index in [0.29, 0.717) is 18.5 Å². The fourth-order valence-corrected chi connectivity index (χ4v) is 2.06. The molecule has 84 valence electrons. The van der Waals surface area contributed by atoms with Crippen molar-refractivity contribution in [2.24, 2.45) is 5.18 Å². The molecule has 0 atom stereocenters. The largest absolute Gasteiger partial charge is 0.310 e. The third-order valence-corrected chi connectivity index (χ3v) is 2.77. The SMILES string of the molecule is CC(=O)N1CCCc2c(N=O)ccc(F)c21. The molecule has 0 unspecified atom stereocenters. The van der Waals surface area contributed by atoms with Crippen molar-refractivity contribution in [2.45, 2.75) is 19.8 Å². The van der Waals surface area contributed by atoms with Crippen LogP contribution < -0.4 is 4.90 Å². The van der Waals surface area contributed by atoms with Gasteiger partial charge < -0.3 is 4.90 Å². The lowest BCUT2D eigenvalue weighted by Gasteiger charge is -2.29. The Hall–Kier alpha value is -1.78. The molecule has 0 radical (unpaired) electrons. The number of hydrogen-bond donors (Lipinski definition) is 0. The summed E-state index contributed by atoms with van der Waals surface area (Å²) in [5, 5.41) is 2.86. The van der Waals surface area contributed by atoms with E-state index >= 15 is 0 Å². The van der Waals surface area contributed by atoms with Crippen LogP contribution in [0.5, 0.6) is 0 Å². The van der Waals surface area contributed by atoms with E-state index in [1.54, 1.807) is 0 Å². The monoisotopic (exact) mass is 222 g/mol. The number of fused-ring (bicyclic) bond motifs is 1. The van der Waals surface area contributed by atoms with Crippen LogP contribution in [0, 0.1) is 10.7 Å². The number of carbonyl (C=O) groups is 1. The number of nitroso groups, excluding NO2 is 1. The Morgan fingerprint density at radius 2 is 2.25 bits per heavy atom. The van der Waals surface area contributed by atoms with Gasteiger partial charge in [0.05, 0.1) is 5.69 Å². The van der Waals surface area contributed by atoms with Crippen molar-refractivity contribution in [1.29, 1.82) is 0 Å². The molecule has 0 saturated heterocycles. The zero-order valence-electron chi connectivity index (χ0n) is 8.86. The first-order valence-electron chi connectivity index (χ1n) is 5.08. The predicted molar refractivity (Wildman–Crippen MR) is 58.2 cm³/mol. The molecule has 0 fully saturated rings. The molecule has 0 aliphatic carbocycles. The lowest BCUT2D eigenvalue weighted by molar-refractivity contribution is -0.116. The van der Waals surface area contributed by atoms with Crippen molar-refractivity contribution in [3.63, 3.8) is 0 Å². The minimum atomic E-state index is -0.475. The van der Waals surface area contributed by atoms with E-state index in [1.807, 2.05) is 0 Å². The van der Waals surface area contributed by atoms with E-state index in [9.17, 15) is 14.1 Å². The minimum absolute atomic E-state index is 0.218. The van der Waals surface area contributed by atoms with Gasteiger partial charge in [0.2, 0.25) is 5.91 Å². The molecule has 16 heavy (non-hydrogen) atoms. The molecule has 5 heteroatoms. The van der Waals surface area contributed by atoms with Gasteiger partial charge in [-0.05, 0) is 30.2 Å². The highest BCUT2D eigenvalue weighted by atomic mass is 19.1. The van der Waals surface area contributed by atoms with E-state index in [-0.39, 0.29) is 17.3 Å². The van der Waals surface area contributed by atoms with Crippen LogP contribution in [0.1, 0.15) is 18.9 Å². The molecule has 0 N–H and O–H groups in total. The van der Waals surface area contributed by atoms with Crippen LogP contribution in [-0.4, -0.2) is 12.5 Å². The fourth-order valence-electron chi connectivity index (χ4n) is 2.06. The number of hydrogen-bond acceptors (Lipinski definition) is 3. The highest BCUT2D eigenvalue weighted by Gasteiger charge is 2.25. The van der Waals surface area contributed by atoms with Crippen LogP contribution >= 0.6 is 0 Å². The van der Waals surface area contributed by atoms with Gasteiger partial charge in [0.15, 0.2) is 0 Å². The van der Waals surface area contributed by atoms with E-state index in [2.05, 4.69) is 5.18 Å². The van der Waals surface area contributed by atoms with E-state index in [0.717, 1.165) is 6.42 Å². The van der Waals surface area contributed by atoms with Crippen LogP contribution in [-0.2, 0) is 11.2 Å². The molecule has 1 aromatic rings. The van der Waals surface area contributed by atoms with Gasteiger partial charge >= 0.3 is 0 Å². The maximum atomic E-state index is 13.7. The molecule has 0 spiro atoms. The summed E-state index contributed by atoms with van der Waals surface area (Å²) >= 11 is 0. The summed E-state index contributed by atoms with van der Waals surface area (Å²) in [5.74, 6) is -0.694. The first kappa shape index (κ1) is 10.7. The summed E-state index contributed by atoms with van der Waals surface area (Å²) in [6.45, 7) is 1.87. The van der Waals surface area contributed by atoms with Crippen LogP contribution in [0.4, 0.5) is 15.8 Å². The Labute approximate surface area is 92.0 Å². The first-order chi connectivity index (χ1) is 7.65. The summed E-state index contributed by atoms with van der Waals surface area (Å²) in [6, 6.07) is 2.53. The summed E-state index contributed by atoms with van der Waals surface area (Å²) < 4.78 is 13.7. The van der Waals surface area contributed by atoms with E-state index < -0.39 is 5.82 Å². The summed E-state index contributed by atoms with van der Waals surface area (Å²) in [7, 11) is 0. The molecule has 4 nitrogen and oxygen atoms in total. The molecule has 1 heterocycles. The fraction of sp³-hybridized carbons (Fsp3) is 0.364. The van der Waals surface area contributed by atoms with Gasteiger partial charge in [-0.2, -0.15) is 0 Å². The molecule has 1 aliphatic rings. The smallest absolute Gasteiger partial charge is 0.223 e. The number of amides is 1. The number of benzene rings is 1. The van der Waals surface area contributed by atoms with Crippen molar-refractivity contribution in [2.75, 3.05) is 11.4 Å². The molecular formula is C11H11FN2O2. The molecule has 1 aliphatic heterocycles. The average Bonchev–Trinajstić information content (AvgIpc) is 2.29. The zero-order valence-corrected chi connectivity index (χ0v) is 8.86. The van der Waals surface area contributed by atoms with Crippen molar-refractivity contribution in [1.82, 2.24) is 0 Å². The molecule has 1 amide bonds. The maximum absolute atomic E-state index is 13.7. The summed E-state index contributed by atoms with van der Waals surface area (Å²) in [6.07, 6.45) is 1.30. The Balaban J connectivity index is 2.62. The number of rotatable bonds is 1. The second kappa shape index (κ2) is 4.00. The van der Waals surface area contributed by atoms with Crippen molar-refractivity contribution in [3.05, 3.63) is 28.4 Å². The third kappa shape index (κ3) is 1.58. The van der Waals surface area contributed by atoms with Gasteiger partial charge in [-0.3, -0.25) is 4.79 Å². The van der Waals surface area contributed by atoms with Crippen molar-refractivity contribution < 1.29 is 9.18 Å². The Morgan fingerprint density at radius 1 is 1.50 bits per heavy atom. The molecule has 0 bridgehead atoms. The molecule has 0 aromatic heterocycles. The van der Waals surface area contributed by atoms with E-state index in [4.69, 9.17) is 0 Å². The average molecular weight is 222 g/mol. The van der Waals surface area contributed by atoms with E-state index in [1.165, 1.54) is 24.0 Å². The summed E-state index contributed by atoms with van der Waals surface area (Å²) in [4.78, 5) is 23.3. The quantitative estimate of drug-likeness (QED) is 0.685. The Morgan fingerprint density at radius 3 is 2.88 bits per heavy atom. The molecular weight excluding hydrogens is 211 g/mol. The van der Waals surface area contributed by atoms with Crippen molar-refractivity contribution >= 4 is 17.3 Å². The van der Waals surface area contributed by atoms with Crippen LogP contribution in [0.15, 0.2) is 17.3 Å². The Kier molecular flexibility index (Phi) is 2.68. The topological polar surface area (TPSA) is 49.7 Å². The second-order valence-corrected chi connectivity index (χ2v) is 3.76. The standard InChI is InChI=1S/C11H11FN2O2/c1-7(15)14-6-2-3-8-10(13-16)5-4-9(12)11(8)14/h4-5H,2-3,6H2,1H3. The first-order valence-corrected chi connectivity index (χ1v) is 5.08. The van der Waals surface area contributed by atoms with Gasteiger partial charge in [-0.25, -0.2) is 4.39 Å². The van der Waals surface area contributed by atoms with Gasteiger partial charge in [0.25, 0.3) is 0 Å². The molecule has 0 saturated carbocycles. The zero-order chi connectivity index (χ0) is 11.7. The van der Waals surface area contributed by atoms with Crippen LogP contribution in [0.3, 0.4) is 0 Å². The third-order valence-electron chi connectivity index (χ3n) is 2.77. The highest BCUT2D eigenvalue weighted by molar-refractivity contribution is 5.94. The van der Waals surface area contributed by atoms with Gasteiger partial charge in [-0.1, -0.05) is 0 Å².